The predicted octanol–water partition coefficient (Wildman–Crippen LogP) is 3.70. The Kier molecular flexibility index (Phi) is 4.11. The van der Waals surface area contributed by atoms with Crippen LogP contribution in [0.2, 0.25) is 5.02 Å². The Labute approximate surface area is 138 Å². The SMILES string of the molecule is COc1cc(NS(=O)(=O)c2ccccc2Cl)c2ncccc2c1. The molecule has 5 nitrogen and oxygen atoms in total. The summed E-state index contributed by atoms with van der Waals surface area (Å²) in [5.41, 5.74) is 0.865. The van der Waals surface area contributed by atoms with Crippen molar-refractivity contribution in [2.75, 3.05) is 11.8 Å². The maximum Gasteiger partial charge on any atom is 0.263 e. The van der Waals surface area contributed by atoms with Crippen LogP contribution in [0.5, 0.6) is 5.75 Å². The van der Waals surface area contributed by atoms with Crippen LogP contribution in [0, 0.1) is 0 Å². The van der Waals surface area contributed by atoms with Gasteiger partial charge in [0.05, 0.1) is 23.3 Å². The first-order chi connectivity index (χ1) is 11.0. The highest BCUT2D eigenvalue weighted by Crippen LogP contribution is 2.30. The van der Waals surface area contributed by atoms with E-state index in [4.69, 9.17) is 16.3 Å². The van der Waals surface area contributed by atoms with Crippen molar-refractivity contribution in [1.82, 2.24) is 4.98 Å². The molecule has 0 saturated carbocycles. The lowest BCUT2D eigenvalue weighted by Crippen LogP contribution is -2.14. The number of pyridine rings is 1. The number of ether oxygens (including phenoxy) is 1. The highest BCUT2D eigenvalue weighted by Gasteiger charge is 2.19. The van der Waals surface area contributed by atoms with Gasteiger partial charge in [0.1, 0.15) is 10.6 Å². The molecule has 0 atom stereocenters. The monoisotopic (exact) mass is 348 g/mol. The number of nitrogens with zero attached hydrogens (tertiary/aromatic N) is 1. The molecule has 0 bridgehead atoms. The largest absolute Gasteiger partial charge is 0.497 e. The van der Waals surface area contributed by atoms with Gasteiger partial charge >= 0.3 is 0 Å². The topological polar surface area (TPSA) is 68.3 Å². The average molecular weight is 349 g/mol. The summed E-state index contributed by atoms with van der Waals surface area (Å²) in [6.07, 6.45) is 1.60. The molecular weight excluding hydrogens is 336 g/mol. The first-order valence-electron chi connectivity index (χ1n) is 6.71. The third kappa shape index (κ3) is 3.09. The number of aromatic nitrogens is 1. The molecule has 0 amide bonds. The highest BCUT2D eigenvalue weighted by atomic mass is 35.5. The molecule has 118 valence electrons. The summed E-state index contributed by atoms with van der Waals surface area (Å²) < 4.78 is 33.0. The van der Waals surface area contributed by atoms with Crippen molar-refractivity contribution < 1.29 is 13.2 Å². The lowest BCUT2D eigenvalue weighted by Gasteiger charge is -2.12. The Morgan fingerprint density at radius 3 is 2.65 bits per heavy atom. The summed E-state index contributed by atoms with van der Waals surface area (Å²) in [5, 5.41) is 0.920. The second kappa shape index (κ2) is 6.06. The van der Waals surface area contributed by atoms with E-state index in [-0.39, 0.29) is 9.92 Å². The van der Waals surface area contributed by atoms with E-state index in [1.54, 1.807) is 36.5 Å². The average Bonchev–Trinajstić information content (AvgIpc) is 2.54. The van der Waals surface area contributed by atoms with E-state index in [1.165, 1.54) is 19.2 Å². The molecule has 0 unspecified atom stereocenters. The molecule has 7 heteroatoms. The lowest BCUT2D eigenvalue weighted by molar-refractivity contribution is 0.415. The van der Waals surface area contributed by atoms with Gasteiger partial charge in [0.25, 0.3) is 10.0 Å². The number of hydrogen-bond donors (Lipinski definition) is 1. The normalized spacial score (nSPS) is 11.4. The summed E-state index contributed by atoms with van der Waals surface area (Å²) in [6.45, 7) is 0. The van der Waals surface area contributed by atoms with E-state index < -0.39 is 10.0 Å². The Balaban J connectivity index is 2.13. The summed E-state index contributed by atoms with van der Waals surface area (Å²) in [5.74, 6) is 0.530. The molecule has 0 aliphatic rings. The number of sulfonamides is 1. The van der Waals surface area contributed by atoms with Crippen molar-refractivity contribution in [2.24, 2.45) is 0 Å². The molecule has 3 aromatic rings. The number of anilines is 1. The van der Waals surface area contributed by atoms with Crippen molar-refractivity contribution in [3.63, 3.8) is 0 Å². The van der Waals surface area contributed by atoms with Gasteiger partial charge in [-0.1, -0.05) is 29.8 Å². The fourth-order valence-corrected chi connectivity index (χ4v) is 3.80. The van der Waals surface area contributed by atoms with E-state index >= 15 is 0 Å². The molecule has 0 aliphatic heterocycles. The van der Waals surface area contributed by atoms with Crippen LogP contribution < -0.4 is 9.46 Å². The van der Waals surface area contributed by atoms with E-state index in [0.717, 1.165) is 5.39 Å². The van der Waals surface area contributed by atoms with Crippen LogP contribution in [0.4, 0.5) is 5.69 Å². The van der Waals surface area contributed by atoms with Gasteiger partial charge in [0, 0.05) is 17.6 Å². The van der Waals surface area contributed by atoms with Crippen molar-refractivity contribution in [3.8, 4) is 5.75 Å². The van der Waals surface area contributed by atoms with Gasteiger partial charge in [-0.2, -0.15) is 0 Å². The first-order valence-corrected chi connectivity index (χ1v) is 8.57. The smallest absolute Gasteiger partial charge is 0.263 e. The van der Waals surface area contributed by atoms with E-state index in [2.05, 4.69) is 9.71 Å². The number of nitrogens with one attached hydrogen (secondary N) is 1. The number of rotatable bonds is 4. The number of benzene rings is 2. The number of hydrogen-bond acceptors (Lipinski definition) is 4. The van der Waals surface area contributed by atoms with E-state index in [9.17, 15) is 8.42 Å². The first kappa shape index (κ1) is 15.6. The van der Waals surface area contributed by atoms with Crippen LogP contribution in [-0.4, -0.2) is 20.5 Å². The fourth-order valence-electron chi connectivity index (χ4n) is 2.22. The molecule has 3 rings (SSSR count). The molecule has 0 radical (unpaired) electrons. The summed E-state index contributed by atoms with van der Waals surface area (Å²) in [4.78, 5) is 4.25. The number of halogens is 1. The molecule has 2 aromatic carbocycles. The zero-order valence-corrected chi connectivity index (χ0v) is 13.7. The Hall–Kier alpha value is -2.31. The van der Waals surface area contributed by atoms with Gasteiger partial charge in [-0.15, -0.1) is 0 Å². The molecule has 1 heterocycles. The lowest BCUT2D eigenvalue weighted by atomic mass is 10.2. The summed E-state index contributed by atoms with van der Waals surface area (Å²) >= 11 is 5.99. The van der Waals surface area contributed by atoms with Crippen LogP contribution in [0.1, 0.15) is 0 Å². The minimum Gasteiger partial charge on any atom is -0.497 e. The van der Waals surface area contributed by atoms with Crippen molar-refractivity contribution in [2.45, 2.75) is 4.90 Å². The molecule has 0 saturated heterocycles. The maximum absolute atomic E-state index is 12.6. The summed E-state index contributed by atoms with van der Waals surface area (Å²) in [7, 11) is -2.32. The Bertz CT molecular complexity index is 974. The van der Waals surface area contributed by atoms with Gasteiger partial charge in [-0.25, -0.2) is 8.42 Å². The van der Waals surface area contributed by atoms with Crippen molar-refractivity contribution in [1.29, 1.82) is 0 Å². The molecule has 0 spiro atoms. The molecular formula is C16H13ClN2O3S. The highest BCUT2D eigenvalue weighted by molar-refractivity contribution is 7.92. The van der Waals surface area contributed by atoms with Gasteiger partial charge in [0.2, 0.25) is 0 Å². The minimum absolute atomic E-state index is 0.00793. The second-order valence-electron chi connectivity index (χ2n) is 4.79. The number of fused-ring (bicyclic) bond motifs is 1. The van der Waals surface area contributed by atoms with Crippen molar-refractivity contribution in [3.05, 3.63) is 59.8 Å². The van der Waals surface area contributed by atoms with Gasteiger partial charge < -0.3 is 4.74 Å². The van der Waals surface area contributed by atoms with Gasteiger partial charge in [-0.05, 0) is 24.3 Å². The van der Waals surface area contributed by atoms with Crippen LogP contribution in [0.15, 0.2) is 59.6 Å². The van der Waals surface area contributed by atoms with Crippen LogP contribution in [0.25, 0.3) is 10.9 Å². The Morgan fingerprint density at radius 1 is 1.13 bits per heavy atom. The molecule has 23 heavy (non-hydrogen) atoms. The van der Waals surface area contributed by atoms with Crippen molar-refractivity contribution >= 4 is 38.2 Å². The predicted molar refractivity (Wildman–Crippen MR) is 90.6 cm³/mol. The molecule has 1 aromatic heterocycles. The summed E-state index contributed by atoms with van der Waals surface area (Å²) in [6, 6.07) is 13.2. The van der Waals surface area contributed by atoms with E-state index in [0.29, 0.717) is 17.0 Å². The fraction of sp³-hybridized carbons (Fsp3) is 0.0625. The Morgan fingerprint density at radius 2 is 1.91 bits per heavy atom. The maximum atomic E-state index is 12.6. The zero-order valence-electron chi connectivity index (χ0n) is 12.2. The van der Waals surface area contributed by atoms with Gasteiger partial charge in [-0.3, -0.25) is 9.71 Å². The quantitative estimate of drug-likeness (QED) is 0.780. The zero-order chi connectivity index (χ0) is 16.4. The van der Waals surface area contributed by atoms with E-state index in [1.807, 2.05) is 6.07 Å². The third-order valence-electron chi connectivity index (χ3n) is 3.28. The molecule has 0 aliphatic carbocycles. The number of methoxy groups -OCH3 is 1. The second-order valence-corrected chi connectivity index (χ2v) is 6.84. The van der Waals surface area contributed by atoms with Crippen LogP contribution in [0.3, 0.4) is 0 Å². The standard InChI is InChI=1S/C16H13ClN2O3S/c1-22-12-9-11-5-4-8-18-16(11)14(10-12)19-23(20,21)15-7-3-2-6-13(15)17/h2-10,19H,1H3. The van der Waals surface area contributed by atoms with Crippen LogP contribution in [-0.2, 0) is 10.0 Å². The molecule has 0 fully saturated rings. The molecule has 1 N–H and O–H groups in total. The third-order valence-corrected chi connectivity index (χ3v) is 5.15. The van der Waals surface area contributed by atoms with Crippen LogP contribution >= 0.6 is 11.6 Å². The van der Waals surface area contributed by atoms with Gasteiger partial charge in [0.15, 0.2) is 0 Å². The minimum atomic E-state index is -3.84.